The number of nitrogens with one attached hydrogen (secondary N) is 1. The van der Waals surface area contributed by atoms with Crippen LogP contribution in [0, 0.1) is 5.82 Å². The first kappa shape index (κ1) is 14.7. The Morgan fingerprint density at radius 1 is 1.23 bits per heavy atom. The molecule has 0 unspecified atom stereocenters. The van der Waals surface area contributed by atoms with E-state index in [0.717, 1.165) is 25.2 Å². The van der Waals surface area contributed by atoms with Crippen LogP contribution in [0.1, 0.15) is 5.56 Å². The van der Waals surface area contributed by atoms with Crippen molar-refractivity contribution in [1.82, 2.24) is 15.1 Å². The molecule has 1 N–H and O–H groups in total. The predicted molar refractivity (Wildman–Crippen MR) is 80.4 cm³/mol. The van der Waals surface area contributed by atoms with E-state index < -0.39 is 11.8 Å². The van der Waals surface area contributed by atoms with Crippen LogP contribution < -0.4 is 5.32 Å². The first-order valence-corrected chi connectivity index (χ1v) is 7.37. The SMILES string of the molecule is O=C1NC[C@H]2CN(CC=Cc3ccc(F)cc3)CCN2C1=O. The van der Waals surface area contributed by atoms with E-state index in [1.165, 1.54) is 12.1 Å². The number of nitrogens with zero attached hydrogens (tertiary/aromatic N) is 2. The minimum atomic E-state index is -0.499. The molecule has 3 rings (SSSR count). The average Bonchev–Trinajstić information content (AvgIpc) is 2.53. The number of carbonyl (C=O) groups excluding carboxylic acids is 2. The van der Waals surface area contributed by atoms with Crippen LogP contribution in [0.3, 0.4) is 0 Å². The van der Waals surface area contributed by atoms with Crippen LogP contribution in [0.2, 0.25) is 0 Å². The number of amides is 2. The number of hydrogen-bond donors (Lipinski definition) is 1. The summed E-state index contributed by atoms with van der Waals surface area (Å²) in [6.45, 7) is 3.37. The summed E-state index contributed by atoms with van der Waals surface area (Å²) in [5.74, 6) is -1.16. The van der Waals surface area contributed by atoms with Crippen molar-refractivity contribution in [2.24, 2.45) is 0 Å². The zero-order chi connectivity index (χ0) is 15.5. The number of hydrogen-bond acceptors (Lipinski definition) is 3. The fourth-order valence-electron chi connectivity index (χ4n) is 2.86. The molecule has 2 saturated heterocycles. The minimum Gasteiger partial charge on any atom is -0.346 e. The van der Waals surface area contributed by atoms with Crippen LogP contribution in [0.4, 0.5) is 4.39 Å². The van der Waals surface area contributed by atoms with Gasteiger partial charge in [-0.3, -0.25) is 14.5 Å². The Morgan fingerprint density at radius 3 is 2.77 bits per heavy atom. The summed E-state index contributed by atoms with van der Waals surface area (Å²) in [4.78, 5) is 27.0. The monoisotopic (exact) mass is 303 g/mol. The second-order valence-corrected chi connectivity index (χ2v) is 5.58. The first-order chi connectivity index (χ1) is 10.6. The second-order valence-electron chi connectivity index (χ2n) is 5.58. The lowest BCUT2D eigenvalue weighted by atomic mass is 10.1. The summed E-state index contributed by atoms with van der Waals surface area (Å²) in [5.41, 5.74) is 0.958. The first-order valence-electron chi connectivity index (χ1n) is 7.37. The Labute approximate surface area is 128 Å². The molecule has 1 aromatic rings. The van der Waals surface area contributed by atoms with E-state index in [1.807, 2.05) is 12.2 Å². The molecular weight excluding hydrogens is 285 g/mol. The maximum absolute atomic E-state index is 12.8. The lowest BCUT2D eigenvalue weighted by Crippen LogP contribution is -2.65. The maximum atomic E-state index is 12.8. The molecule has 5 nitrogen and oxygen atoms in total. The van der Waals surface area contributed by atoms with Crippen LogP contribution in [0.25, 0.3) is 6.08 Å². The molecule has 0 spiro atoms. The van der Waals surface area contributed by atoms with Gasteiger partial charge in [-0.2, -0.15) is 0 Å². The van der Waals surface area contributed by atoms with Gasteiger partial charge < -0.3 is 10.2 Å². The van der Waals surface area contributed by atoms with Gasteiger partial charge in [-0.25, -0.2) is 4.39 Å². The highest BCUT2D eigenvalue weighted by Crippen LogP contribution is 2.13. The second kappa shape index (κ2) is 6.27. The lowest BCUT2D eigenvalue weighted by molar-refractivity contribution is -0.152. The number of fused-ring (bicyclic) bond motifs is 1. The predicted octanol–water partition coefficient (Wildman–Crippen LogP) is 0.481. The number of halogens is 1. The third-order valence-corrected chi connectivity index (χ3v) is 4.06. The maximum Gasteiger partial charge on any atom is 0.312 e. The number of rotatable bonds is 3. The third-order valence-electron chi connectivity index (χ3n) is 4.06. The van der Waals surface area contributed by atoms with Crippen molar-refractivity contribution in [2.75, 3.05) is 32.7 Å². The highest BCUT2D eigenvalue weighted by Gasteiger charge is 2.37. The largest absolute Gasteiger partial charge is 0.346 e. The van der Waals surface area contributed by atoms with E-state index >= 15 is 0 Å². The van der Waals surface area contributed by atoms with E-state index in [2.05, 4.69) is 10.2 Å². The molecule has 6 heteroatoms. The summed E-state index contributed by atoms with van der Waals surface area (Å²) in [6.07, 6.45) is 3.99. The van der Waals surface area contributed by atoms with Crippen molar-refractivity contribution < 1.29 is 14.0 Å². The molecule has 2 fully saturated rings. The van der Waals surface area contributed by atoms with Gasteiger partial charge in [0.1, 0.15) is 5.82 Å². The van der Waals surface area contributed by atoms with Gasteiger partial charge in [0.05, 0.1) is 6.04 Å². The summed E-state index contributed by atoms with van der Waals surface area (Å²) in [5, 5.41) is 2.63. The number of carbonyl (C=O) groups is 2. The summed E-state index contributed by atoms with van der Waals surface area (Å²) < 4.78 is 12.8. The van der Waals surface area contributed by atoms with E-state index in [4.69, 9.17) is 0 Å². The van der Waals surface area contributed by atoms with Gasteiger partial charge in [0, 0.05) is 32.7 Å². The molecule has 1 aromatic carbocycles. The van der Waals surface area contributed by atoms with Crippen molar-refractivity contribution in [3.8, 4) is 0 Å². The summed E-state index contributed by atoms with van der Waals surface area (Å²) in [7, 11) is 0. The van der Waals surface area contributed by atoms with Crippen molar-refractivity contribution in [3.05, 3.63) is 41.7 Å². The smallest absolute Gasteiger partial charge is 0.312 e. The zero-order valence-electron chi connectivity index (χ0n) is 12.2. The number of benzene rings is 1. The highest BCUT2D eigenvalue weighted by atomic mass is 19.1. The molecule has 0 aliphatic carbocycles. The average molecular weight is 303 g/mol. The van der Waals surface area contributed by atoms with Gasteiger partial charge in [-0.1, -0.05) is 24.3 Å². The third kappa shape index (κ3) is 3.17. The summed E-state index contributed by atoms with van der Waals surface area (Å²) in [6, 6.07) is 6.40. The van der Waals surface area contributed by atoms with Crippen LogP contribution in [-0.4, -0.2) is 60.4 Å². The van der Waals surface area contributed by atoms with Crippen molar-refractivity contribution in [3.63, 3.8) is 0 Å². The van der Waals surface area contributed by atoms with Crippen molar-refractivity contribution in [1.29, 1.82) is 0 Å². The topological polar surface area (TPSA) is 52.7 Å². The van der Waals surface area contributed by atoms with Gasteiger partial charge in [0.25, 0.3) is 0 Å². The summed E-state index contributed by atoms with van der Waals surface area (Å²) >= 11 is 0. The quantitative estimate of drug-likeness (QED) is 0.827. The zero-order valence-corrected chi connectivity index (χ0v) is 12.2. The van der Waals surface area contributed by atoms with Crippen LogP contribution in [0.5, 0.6) is 0 Å². The Morgan fingerprint density at radius 2 is 2.00 bits per heavy atom. The van der Waals surface area contributed by atoms with Crippen LogP contribution >= 0.6 is 0 Å². The Kier molecular flexibility index (Phi) is 4.20. The van der Waals surface area contributed by atoms with Gasteiger partial charge in [-0.15, -0.1) is 0 Å². The minimum absolute atomic E-state index is 0.0539. The fourth-order valence-corrected chi connectivity index (χ4v) is 2.86. The van der Waals surface area contributed by atoms with E-state index in [0.29, 0.717) is 13.1 Å². The Bertz CT molecular complexity index is 600. The molecule has 0 saturated carbocycles. The van der Waals surface area contributed by atoms with E-state index in [-0.39, 0.29) is 11.9 Å². The fraction of sp³-hybridized carbons (Fsp3) is 0.375. The molecule has 2 aliphatic heterocycles. The van der Waals surface area contributed by atoms with E-state index in [1.54, 1.807) is 17.0 Å². The molecule has 0 aromatic heterocycles. The molecule has 2 aliphatic rings. The van der Waals surface area contributed by atoms with Crippen LogP contribution in [-0.2, 0) is 9.59 Å². The standard InChI is InChI=1S/C16H18FN3O2/c17-13-5-3-12(4-6-13)2-1-7-19-8-9-20-14(11-19)10-18-15(21)16(20)22/h1-6,14H,7-11H2,(H,18,21)/t14-/m0/s1. The van der Waals surface area contributed by atoms with Gasteiger partial charge >= 0.3 is 11.8 Å². The Hall–Kier alpha value is -2.21. The molecule has 0 radical (unpaired) electrons. The van der Waals surface area contributed by atoms with Crippen molar-refractivity contribution >= 4 is 17.9 Å². The molecule has 1 atom stereocenters. The molecule has 2 heterocycles. The number of piperazine rings is 2. The molecule has 116 valence electrons. The molecule has 22 heavy (non-hydrogen) atoms. The van der Waals surface area contributed by atoms with Crippen LogP contribution in [0.15, 0.2) is 30.3 Å². The van der Waals surface area contributed by atoms with E-state index in [9.17, 15) is 14.0 Å². The normalized spacial score (nSPS) is 22.8. The lowest BCUT2D eigenvalue weighted by Gasteiger charge is -2.43. The molecule has 0 bridgehead atoms. The molecular formula is C16H18FN3O2. The molecule has 2 amide bonds. The van der Waals surface area contributed by atoms with Gasteiger partial charge in [0.2, 0.25) is 0 Å². The highest BCUT2D eigenvalue weighted by molar-refractivity contribution is 6.35. The van der Waals surface area contributed by atoms with Gasteiger partial charge in [-0.05, 0) is 17.7 Å². The van der Waals surface area contributed by atoms with Crippen molar-refractivity contribution in [2.45, 2.75) is 6.04 Å². The Balaban J connectivity index is 1.54. The van der Waals surface area contributed by atoms with Gasteiger partial charge in [0.15, 0.2) is 0 Å².